The Morgan fingerprint density at radius 1 is 0.839 bits per heavy atom. The zero-order chi connectivity index (χ0) is 21.1. The van der Waals surface area contributed by atoms with Gasteiger partial charge in [-0.15, -0.1) is 0 Å². The van der Waals surface area contributed by atoms with E-state index in [0.717, 1.165) is 11.1 Å². The highest BCUT2D eigenvalue weighted by molar-refractivity contribution is 6.24. The van der Waals surface area contributed by atoms with Gasteiger partial charge < -0.3 is 9.32 Å². The van der Waals surface area contributed by atoms with Gasteiger partial charge in [0.15, 0.2) is 5.76 Å². The molecule has 0 unspecified atom stereocenters. The van der Waals surface area contributed by atoms with Crippen LogP contribution in [-0.2, 0) is 9.59 Å². The predicted octanol–water partition coefficient (Wildman–Crippen LogP) is 3.68. The standard InChI is InChI=1S/C25H18N2O4/c28-23(18-11-6-14-31-18)22-20-19(21-17-10-5-4-7-15(17)12-13-26(21)22)24(29)27(25(20)30)16-8-2-1-3-9-16/h1-14,19-22H/t19-,20-,21-,22+/m1/s1. The highest BCUT2D eigenvalue weighted by atomic mass is 16.3. The number of carbonyl (C=O) groups excluding carboxylic acids is 3. The number of ketones is 1. The monoisotopic (exact) mass is 410 g/mol. The Kier molecular flexibility index (Phi) is 3.77. The van der Waals surface area contributed by atoms with Crippen LogP contribution in [0.15, 0.2) is 83.6 Å². The summed E-state index contributed by atoms with van der Waals surface area (Å²) in [7, 11) is 0. The van der Waals surface area contributed by atoms with Crippen molar-refractivity contribution in [2.45, 2.75) is 12.1 Å². The van der Waals surface area contributed by atoms with Crippen LogP contribution in [-0.4, -0.2) is 28.5 Å². The Morgan fingerprint density at radius 3 is 2.35 bits per heavy atom. The third-order valence-electron chi connectivity index (χ3n) is 6.51. The van der Waals surface area contributed by atoms with E-state index in [1.54, 1.807) is 36.4 Å². The molecule has 0 saturated carbocycles. The molecule has 2 aromatic carbocycles. The number of carbonyl (C=O) groups is 3. The molecule has 2 amide bonds. The molecule has 0 bridgehead atoms. The molecule has 31 heavy (non-hydrogen) atoms. The lowest BCUT2D eigenvalue weighted by Gasteiger charge is -2.35. The van der Waals surface area contributed by atoms with Crippen LogP contribution in [0.3, 0.4) is 0 Å². The second kappa shape index (κ2) is 6.54. The van der Waals surface area contributed by atoms with Gasteiger partial charge in [0.2, 0.25) is 17.6 Å². The van der Waals surface area contributed by atoms with Gasteiger partial charge in [-0.05, 0) is 41.5 Å². The van der Waals surface area contributed by atoms with Gasteiger partial charge in [0.05, 0.1) is 29.8 Å². The number of hydrogen-bond acceptors (Lipinski definition) is 5. The second-order valence-electron chi connectivity index (χ2n) is 8.02. The van der Waals surface area contributed by atoms with E-state index in [2.05, 4.69) is 0 Å². The van der Waals surface area contributed by atoms with E-state index in [-0.39, 0.29) is 29.4 Å². The molecular formula is C25H18N2O4. The Balaban J connectivity index is 1.52. The van der Waals surface area contributed by atoms with Gasteiger partial charge in [0, 0.05) is 6.20 Å². The minimum atomic E-state index is -0.809. The summed E-state index contributed by atoms with van der Waals surface area (Å²) in [5.74, 6) is -2.14. The van der Waals surface area contributed by atoms with Gasteiger partial charge >= 0.3 is 0 Å². The van der Waals surface area contributed by atoms with Crippen LogP contribution in [0.25, 0.3) is 6.08 Å². The molecule has 3 aromatic rings. The number of furan rings is 1. The normalized spacial score (nSPS) is 26.1. The zero-order valence-electron chi connectivity index (χ0n) is 16.4. The molecule has 2 fully saturated rings. The minimum Gasteiger partial charge on any atom is -0.461 e. The maximum absolute atomic E-state index is 13.6. The highest BCUT2D eigenvalue weighted by Gasteiger charge is 2.64. The van der Waals surface area contributed by atoms with Crippen LogP contribution in [0.5, 0.6) is 0 Å². The Hall–Kier alpha value is -3.93. The fourth-order valence-electron chi connectivity index (χ4n) is 5.25. The van der Waals surface area contributed by atoms with Crippen molar-refractivity contribution in [2.75, 3.05) is 4.90 Å². The number of nitrogens with zero attached hydrogens (tertiary/aromatic N) is 2. The smallest absolute Gasteiger partial charge is 0.240 e. The lowest BCUT2D eigenvalue weighted by molar-refractivity contribution is -0.123. The van der Waals surface area contributed by atoms with Crippen LogP contribution in [0, 0.1) is 11.8 Å². The first-order valence-corrected chi connectivity index (χ1v) is 10.2. The Morgan fingerprint density at radius 2 is 1.58 bits per heavy atom. The van der Waals surface area contributed by atoms with Crippen molar-refractivity contribution in [1.82, 2.24) is 4.90 Å². The summed E-state index contributed by atoms with van der Waals surface area (Å²) in [6.45, 7) is 0. The van der Waals surface area contributed by atoms with Gasteiger partial charge in [-0.3, -0.25) is 14.4 Å². The van der Waals surface area contributed by atoms with Gasteiger partial charge in [-0.1, -0.05) is 42.5 Å². The number of hydrogen-bond donors (Lipinski definition) is 0. The number of anilines is 1. The molecule has 0 radical (unpaired) electrons. The van der Waals surface area contributed by atoms with Crippen LogP contribution in [0.2, 0.25) is 0 Å². The first kappa shape index (κ1) is 17.9. The van der Waals surface area contributed by atoms with Crippen molar-refractivity contribution in [3.05, 3.63) is 96.1 Å². The van der Waals surface area contributed by atoms with Gasteiger partial charge in [0.25, 0.3) is 0 Å². The lowest BCUT2D eigenvalue weighted by Crippen LogP contribution is -2.44. The minimum absolute atomic E-state index is 0.190. The van der Waals surface area contributed by atoms with Crippen molar-refractivity contribution < 1.29 is 18.8 Å². The molecule has 152 valence electrons. The summed E-state index contributed by atoms with van der Waals surface area (Å²) in [6.07, 6.45) is 5.21. The van der Waals surface area contributed by atoms with E-state index in [4.69, 9.17) is 4.42 Å². The Labute approximate surface area is 178 Å². The second-order valence-corrected chi connectivity index (χ2v) is 8.02. The van der Waals surface area contributed by atoms with Crippen molar-refractivity contribution in [1.29, 1.82) is 0 Å². The third kappa shape index (κ3) is 2.42. The average molecular weight is 410 g/mol. The molecule has 3 aliphatic rings. The first-order chi connectivity index (χ1) is 15.2. The molecule has 0 N–H and O–H groups in total. The van der Waals surface area contributed by atoms with Crippen molar-refractivity contribution in [2.24, 2.45) is 11.8 Å². The lowest BCUT2D eigenvalue weighted by atomic mass is 9.84. The van der Waals surface area contributed by atoms with Crippen LogP contribution >= 0.6 is 0 Å². The average Bonchev–Trinajstić information content (AvgIpc) is 3.50. The van der Waals surface area contributed by atoms with Crippen molar-refractivity contribution in [3.8, 4) is 0 Å². The Bertz CT molecular complexity index is 1230. The van der Waals surface area contributed by atoms with E-state index in [0.29, 0.717) is 5.69 Å². The van der Waals surface area contributed by atoms with E-state index in [1.807, 2.05) is 47.5 Å². The predicted molar refractivity (Wildman–Crippen MR) is 113 cm³/mol. The fraction of sp³-hybridized carbons (Fsp3) is 0.160. The largest absolute Gasteiger partial charge is 0.461 e. The number of para-hydroxylation sites is 1. The van der Waals surface area contributed by atoms with Gasteiger partial charge in [0.1, 0.15) is 6.04 Å². The fourth-order valence-corrected chi connectivity index (χ4v) is 5.25. The summed E-state index contributed by atoms with van der Waals surface area (Å²) in [6, 6.07) is 18.8. The molecule has 4 heterocycles. The molecule has 2 saturated heterocycles. The molecular weight excluding hydrogens is 392 g/mol. The maximum Gasteiger partial charge on any atom is 0.240 e. The SMILES string of the molecule is O=C(c1ccco1)[C@@H]1[C@@H]2C(=O)N(c3ccccc3)C(=O)[C@H]2[C@H]2c3ccccc3C=CN12. The third-order valence-corrected chi connectivity index (χ3v) is 6.51. The number of Topliss-reactive ketones (excluding diaryl/α,β-unsaturated/α-hetero) is 1. The molecule has 0 spiro atoms. The number of fused-ring (bicyclic) bond motifs is 5. The highest BCUT2D eigenvalue weighted by Crippen LogP contribution is 2.53. The number of imide groups is 1. The summed E-state index contributed by atoms with van der Waals surface area (Å²) in [4.78, 5) is 43.8. The molecule has 1 aromatic heterocycles. The summed E-state index contributed by atoms with van der Waals surface area (Å²) in [5.41, 5.74) is 2.47. The molecule has 6 rings (SSSR count). The van der Waals surface area contributed by atoms with Gasteiger partial charge in [-0.25, -0.2) is 4.90 Å². The molecule has 3 aliphatic heterocycles. The quantitative estimate of drug-likeness (QED) is 0.487. The van der Waals surface area contributed by atoms with E-state index >= 15 is 0 Å². The topological polar surface area (TPSA) is 70.8 Å². The van der Waals surface area contributed by atoms with Gasteiger partial charge in [-0.2, -0.15) is 0 Å². The number of amides is 2. The van der Waals surface area contributed by atoms with Crippen LogP contribution < -0.4 is 4.90 Å². The first-order valence-electron chi connectivity index (χ1n) is 10.2. The van der Waals surface area contributed by atoms with Crippen molar-refractivity contribution >= 4 is 29.4 Å². The van der Waals surface area contributed by atoms with Crippen LogP contribution in [0.4, 0.5) is 5.69 Å². The zero-order valence-corrected chi connectivity index (χ0v) is 16.4. The van der Waals surface area contributed by atoms with Crippen LogP contribution in [0.1, 0.15) is 27.7 Å². The van der Waals surface area contributed by atoms with Crippen molar-refractivity contribution in [3.63, 3.8) is 0 Å². The number of benzene rings is 2. The van der Waals surface area contributed by atoms with E-state index in [1.165, 1.54) is 11.2 Å². The summed E-state index contributed by atoms with van der Waals surface area (Å²) in [5, 5.41) is 0. The summed E-state index contributed by atoms with van der Waals surface area (Å²) < 4.78 is 5.37. The molecule has 6 heteroatoms. The summed E-state index contributed by atoms with van der Waals surface area (Å²) >= 11 is 0. The van der Waals surface area contributed by atoms with E-state index < -0.39 is 17.9 Å². The number of rotatable bonds is 3. The maximum atomic E-state index is 13.6. The van der Waals surface area contributed by atoms with E-state index in [9.17, 15) is 14.4 Å². The molecule has 4 atom stereocenters. The molecule has 6 nitrogen and oxygen atoms in total. The molecule has 0 aliphatic carbocycles.